The zero-order valence-corrected chi connectivity index (χ0v) is 13.8. The summed E-state index contributed by atoms with van der Waals surface area (Å²) in [5.74, 6) is -0.216. The van der Waals surface area contributed by atoms with E-state index >= 15 is 0 Å². The van der Waals surface area contributed by atoms with Gasteiger partial charge in [-0.3, -0.25) is 4.79 Å². The Kier molecular flexibility index (Phi) is 6.02. The molecule has 116 valence electrons. The lowest BCUT2D eigenvalue weighted by atomic mass is 9.99. The highest BCUT2D eigenvalue weighted by Gasteiger charge is 2.21. The molecular formula is C14H19BrN2O4. The first-order chi connectivity index (χ1) is 9.73. The van der Waals surface area contributed by atoms with Crippen LogP contribution in [0.25, 0.3) is 0 Å². The largest absolute Gasteiger partial charge is 0.496 e. The predicted molar refractivity (Wildman–Crippen MR) is 83.8 cm³/mol. The van der Waals surface area contributed by atoms with Gasteiger partial charge in [0.15, 0.2) is 0 Å². The Hall–Kier alpha value is -1.76. The third-order valence-electron chi connectivity index (χ3n) is 2.83. The summed E-state index contributed by atoms with van der Waals surface area (Å²) in [7, 11) is 1.56. The molecule has 0 aliphatic rings. The molecule has 0 aliphatic carbocycles. The van der Waals surface area contributed by atoms with Gasteiger partial charge in [0, 0.05) is 17.6 Å². The number of carbonyl (C=O) groups excluding carboxylic acids is 1. The van der Waals surface area contributed by atoms with Gasteiger partial charge < -0.3 is 20.5 Å². The number of hydrogen-bond donors (Lipinski definition) is 3. The smallest absolute Gasteiger partial charge is 0.319 e. The molecule has 0 aromatic heterocycles. The van der Waals surface area contributed by atoms with Crippen molar-refractivity contribution < 1.29 is 19.4 Å². The van der Waals surface area contributed by atoms with Crippen LogP contribution in [0.1, 0.15) is 26.7 Å². The van der Waals surface area contributed by atoms with E-state index in [1.807, 2.05) is 0 Å². The highest BCUT2D eigenvalue weighted by Crippen LogP contribution is 2.27. The summed E-state index contributed by atoms with van der Waals surface area (Å²) in [6.07, 6.45) is 0.351. The topological polar surface area (TPSA) is 87.7 Å². The zero-order valence-electron chi connectivity index (χ0n) is 12.2. The summed E-state index contributed by atoms with van der Waals surface area (Å²) in [6, 6.07) is 4.79. The second-order valence-electron chi connectivity index (χ2n) is 5.21. The van der Waals surface area contributed by atoms with Crippen molar-refractivity contribution in [1.82, 2.24) is 5.32 Å². The fourth-order valence-corrected chi connectivity index (χ4v) is 2.24. The van der Waals surface area contributed by atoms with Crippen LogP contribution in [0, 0.1) is 0 Å². The van der Waals surface area contributed by atoms with E-state index in [2.05, 4.69) is 26.6 Å². The third-order valence-corrected chi connectivity index (χ3v) is 3.45. The maximum absolute atomic E-state index is 11.9. The van der Waals surface area contributed by atoms with Gasteiger partial charge in [-0.25, -0.2) is 4.79 Å². The van der Waals surface area contributed by atoms with Gasteiger partial charge in [0.1, 0.15) is 5.75 Å². The number of rotatable bonds is 6. The van der Waals surface area contributed by atoms with Crippen molar-refractivity contribution in [3.8, 4) is 5.75 Å². The molecule has 7 heteroatoms. The number of halogens is 1. The van der Waals surface area contributed by atoms with Crippen molar-refractivity contribution >= 4 is 33.6 Å². The minimum absolute atomic E-state index is 0.00135. The van der Waals surface area contributed by atoms with Crippen molar-refractivity contribution in [2.45, 2.75) is 32.2 Å². The summed E-state index contributed by atoms with van der Waals surface area (Å²) in [5.41, 5.74) is 0.000765. The van der Waals surface area contributed by atoms with E-state index in [9.17, 15) is 9.59 Å². The number of hydrogen-bond acceptors (Lipinski definition) is 3. The second-order valence-corrected chi connectivity index (χ2v) is 6.06. The molecule has 0 fully saturated rings. The van der Waals surface area contributed by atoms with Gasteiger partial charge in [0.25, 0.3) is 0 Å². The molecule has 1 aromatic rings. The van der Waals surface area contributed by atoms with Crippen LogP contribution >= 0.6 is 15.9 Å². The Morgan fingerprint density at radius 3 is 2.57 bits per heavy atom. The SMILES string of the molecule is COc1ccc(NC(=O)NC(C)(C)CCC(=O)O)cc1Br. The first kappa shape index (κ1) is 17.3. The molecule has 0 radical (unpaired) electrons. The normalized spacial score (nSPS) is 10.9. The first-order valence-electron chi connectivity index (χ1n) is 6.38. The predicted octanol–water partition coefficient (Wildman–Crippen LogP) is 3.22. The van der Waals surface area contributed by atoms with Crippen LogP contribution in [-0.2, 0) is 4.79 Å². The molecule has 6 nitrogen and oxygen atoms in total. The second kappa shape index (κ2) is 7.31. The molecule has 21 heavy (non-hydrogen) atoms. The summed E-state index contributed by atoms with van der Waals surface area (Å²) in [4.78, 5) is 22.5. The van der Waals surface area contributed by atoms with E-state index in [0.29, 0.717) is 17.9 Å². The van der Waals surface area contributed by atoms with Crippen molar-refractivity contribution in [3.63, 3.8) is 0 Å². The monoisotopic (exact) mass is 358 g/mol. The lowest BCUT2D eigenvalue weighted by Crippen LogP contribution is -2.45. The minimum Gasteiger partial charge on any atom is -0.496 e. The van der Waals surface area contributed by atoms with Gasteiger partial charge in [0.2, 0.25) is 0 Å². The zero-order chi connectivity index (χ0) is 16.0. The molecule has 0 spiro atoms. The van der Waals surface area contributed by atoms with Crippen LogP contribution in [0.2, 0.25) is 0 Å². The van der Waals surface area contributed by atoms with Crippen LogP contribution in [0.5, 0.6) is 5.75 Å². The number of carbonyl (C=O) groups is 2. The van der Waals surface area contributed by atoms with Crippen LogP contribution in [0.4, 0.5) is 10.5 Å². The highest BCUT2D eigenvalue weighted by molar-refractivity contribution is 9.10. The van der Waals surface area contributed by atoms with Crippen molar-refractivity contribution in [3.05, 3.63) is 22.7 Å². The van der Waals surface area contributed by atoms with Gasteiger partial charge >= 0.3 is 12.0 Å². The first-order valence-corrected chi connectivity index (χ1v) is 7.17. The fraction of sp³-hybridized carbons (Fsp3) is 0.429. The molecule has 1 aromatic carbocycles. The molecule has 2 amide bonds. The molecule has 3 N–H and O–H groups in total. The Balaban J connectivity index is 2.60. The number of anilines is 1. The Labute approximate surface area is 132 Å². The molecule has 0 atom stereocenters. The van der Waals surface area contributed by atoms with Crippen LogP contribution < -0.4 is 15.4 Å². The van der Waals surface area contributed by atoms with Crippen LogP contribution in [-0.4, -0.2) is 29.8 Å². The average Bonchev–Trinajstić information content (AvgIpc) is 2.36. The number of carboxylic acids is 1. The van der Waals surface area contributed by atoms with Gasteiger partial charge in [-0.1, -0.05) is 0 Å². The lowest BCUT2D eigenvalue weighted by Gasteiger charge is -2.25. The van der Waals surface area contributed by atoms with Crippen molar-refractivity contribution in [2.24, 2.45) is 0 Å². The number of methoxy groups -OCH3 is 1. The third kappa shape index (κ3) is 6.03. The van der Waals surface area contributed by atoms with E-state index in [1.54, 1.807) is 39.2 Å². The van der Waals surface area contributed by atoms with Gasteiger partial charge in [-0.15, -0.1) is 0 Å². The fourth-order valence-electron chi connectivity index (χ4n) is 1.70. The molecular weight excluding hydrogens is 340 g/mol. The Morgan fingerprint density at radius 2 is 2.05 bits per heavy atom. The van der Waals surface area contributed by atoms with E-state index in [0.717, 1.165) is 4.47 Å². The Bertz CT molecular complexity index is 532. The molecule has 1 rings (SSSR count). The molecule has 0 saturated heterocycles. The van der Waals surface area contributed by atoms with E-state index in [4.69, 9.17) is 9.84 Å². The number of aliphatic carboxylic acids is 1. The lowest BCUT2D eigenvalue weighted by molar-refractivity contribution is -0.137. The Morgan fingerprint density at radius 1 is 1.38 bits per heavy atom. The maximum atomic E-state index is 11.9. The van der Waals surface area contributed by atoms with E-state index in [-0.39, 0.29) is 12.5 Å². The van der Waals surface area contributed by atoms with Crippen LogP contribution in [0.3, 0.4) is 0 Å². The summed E-state index contributed by atoms with van der Waals surface area (Å²) in [6.45, 7) is 3.55. The molecule has 0 unspecified atom stereocenters. The van der Waals surface area contributed by atoms with Gasteiger partial charge in [0.05, 0.1) is 11.6 Å². The van der Waals surface area contributed by atoms with E-state index < -0.39 is 11.5 Å². The number of ether oxygens (including phenoxy) is 1. The molecule has 0 heterocycles. The van der Waals surface area contributed by atoms with Gasteiger partial charge in [-0.2, -0.15) is 0 Å². The summed E-state index contributed by atoms with van der Waals surface area (Å²) >= 11 is 3.34. The van der Waals surface area contributed by atoms with E-state index in [1.165, 1.54) is 0 Å². The quantitative estimate of drug-likeness (QED) is 0.728. The highest BCUT2D eigenvalue weighted by atomic mass is 79.9. The maximum Gasteiger partial charge on any atom is 0.319 e. The number of urea groups is 1. The standard InChI is InChI=1S/C14H19BrN2O4/c1-14(2,7-6-12(18)19)17-13(20)16-9-4-5-11(21-3)10(15)8-9/h4-5,8H,6-7H2,1-3H3,(H,18,19)(H2,16,17,20). The minimum atomic E-state index is -0.885. The van der Waals surface area contributed by atoms with Crippen LogP contribution in [0.15, 0.2) is 22.7 Å². The average molecular weight is 359 g/mol. The van der Waals surface area contributed by atoms with Gasteiger partial charge in [-0.05, 0) is 54.4 Å². The number of amides is 2. The van der Waals surface area contributed by atoms with Crippen molar-refractivity contribution in [2.75, 3.05) is 12.4 Å². The van der Waals surface area contributed by atoms with Crippen molar-refractivity contribution in [1.29, 1.82) is 0 Å². The molecule has 0 saturated carbocycles. The summed E-state index contributed by atoms with van der Waals surface area (Å²) < 4.78 is 5.84. The molecule has 0 bridgehead atoms. The summed E-state index contributed by atoms with van der Waals surface area (Å²) in [5, 5.41) is 14.1. The molecule has 0 aliphatic heterocycles. The number of nitrogens with one attached hydrogen (secondary N) is 2. The number of carboxylic acid groups (broad SMARTS) is 1. The number of benzene rings is 1.